The number of hydrogen-bond acceptors (Lipinski definition) is 6. The van der Waals surface area contributed by atoms with Gasteiger partial charge < -0.3 is 20.1 Å². The number of benzene rings is 1. The Hall–Kier alpha value is -1.80. The van der Waals surface area contributed by atoms with E-state index in [4.69, 9.17) is 15.2 Å². The molecule has 0 saturated carbocycles. The van der Waals surface area contributed by atoms with Crippen LogP contribution >= 0.6 is 0 Å². The molecule has 0 spiro atoms. The Morgan fingerprint density at radius 2 is 1.96 bits per heavy atom. The number of nitrogens with two attached hydrogens (primary N) is 1. The largest absolute Gasteiger partial charge is 0.493 e. The van der Waals surface area contributed by atoms with Crippen LogP contribution in [0.1, 0.15) is 19.8 Å². The maximum Gasteiger partial charge on any atom is 0.223 e. The van der Waals surface area contributed by atoms with Gasteiger partial charge >= 0.3 is 0 Å². The zero-order valence-electron chi connectivity index (χ0n) is 14.9. The zero-order valence-corrected chi connectivity index (χ0v) is 15.8. The Kier molecular flexibility index (Phi) is 5.95. The third-order valence-corrected chi connectivity index (χ3v) is 6.42. The number of rotatable bonds is 7. The van der Waals surface area contributed by atoms with E-state index in [2.05, 4.69) is 0 Å². The molecule has 0 radical (unpaired) electrons. The first kappa shape index (κ1) is 19.5. The van der Waals surface area contributed by atoms with Gasteiger partial charge in [0.15, 0.2) is 21.3 Å². The van der Waals surface area contributed by atoms with Crippen LogP contribution in [0.25, 0.3) is 0 Å². The molecule has 140 valence electrons. The number of nitrogens with zero attached hydrogens (tertiary/aromatic N) is 1. The maximum absolute atomic E-state index is 12.5. The molecule has 1 fully saturated rings. The van der Waals surface area contributed by atoms with Gasteiger partial charge in [0, 0.05) is 25.6 Å². The highest BCUT2D eigenvalue weighted by atomic mass is 32.2. The number of amides is 1. The fourth-order valence-corrected chi connectivity index (χ4v) is 4.15. The quantitative estimate of drug-likeness (QED) is 0.771. The molecule has 8 heteroatoms. The van der Waals surface area contributed by atoms with Crippen molar-refractivity contribution in [2.75, 3.05) is 39.6 Å². The van der Waals surface area contributed by atoms with Crippen LogP contribution in [0.3, 0.4) is 0 Å². The Morgan fingerprint density at radius 3 is 2.52 bits per heavy atom. The second kappa shape index (κ2) is 7.61. The van der Waals surface area contributed by atoms with Gasteiger partial charge in [0.2, 0.25) is 5.91 Å². The van der Waals surface area contributed by atoms with Gasteiger partial charge in [-0.25, -0.2) is 8.42 Å². The third-order valence-electron chi connectivity index (χ3n) is 4.70. The summed E-state index contributed by atoms with van der Waals surface area (Å²) in [5, 5.41) is 0. The highest BCUT2D eigenvalue weighted by Crippen LogP contribution is 2.31. The molecule has 1 aromatic rings. The summed E-state index contributed by atoms with van der Waals surface area (Å²) in [5.41, 5.74) is 5.67. The van der Waals surface area contributed by atoms with Crippen molar-refractivity contribution >= 4 is 15.7 Å². The van der Waals surface area contributed by atoms with Crippen LogP contribution in [-0.2, 0) is 14.6 Å². The zero-order chi connectivity index (χ0) is 18.7. The number of sulfone groups is 1. The highest BCUT2D eigenvalue weighted by molar-refractivity contribution is 7.91. The summed E-state index contributed by atoms with van der Waals surface area (Å²) in [6.45, 7) is 3.77. The molecule has 25 heavy (non-hydrogen) atoms. The minimum Gasteiger partial charge on any atom is -0.493 e. The average molecular weight is 370 g/mol. The van der Waals surface area contributed by atoms with Crippen LogP contribution in [0.2, 0.25) is 0 Å². The highest BCUT2D eigenvalue weighted by Gasteiger charge is 2.35. The molecule has 0 aliphatic carbocycles. The predicted molar refractivity (Wildman–Crippen MR) is 94.6 cm³/mol. The second-order valence-electron chi connectivity index (χ2n) is 6.67. The molecule has 2 N–H and O–H groups in total. The average Bonchev–Trinajstić information content (AvgIpc) is 3.02. The molecule has 1 aromatic carbocycles. The first-order valence-electron chi connectivity index (χ1n) is 8.17. The fourth-order valence-electron chi connectivity index (χ4n) is 2.91. The van der Waals surface area contributed by atoms with Crippen LogP contribution in [0, 0.1) is 5.41 Å². The topological polar surface area (TPSA) is 98.9 Å². The Morgan fingerprint density at radius 1 is 1.28 bits per heavy atom. The van der Waals surface area contributed by atoms with Gasteiger partial charge in [0.05, 0.1) is 24.9 Å². The first-order chi connectivity index (χ1) is 11.7. The first-order valence-corrected chi connectivity index (χ1v) is 9.82. The van der Waals surface area contributed by atoms with Crippen molar-refractivity contribution in [3.05, 3.63) is 18.2 Å². The summed E-state index contributed by atoms with van der Waals surface area (Å²) in [6.07, 6.45) is 0.801. The Labute approximate surface area is 149 Å². The van der Waals surface area contributed by atoms with Crippen molar-refractivity contribution in [3.63, 3.8) is 0 Å². The second-order valence-corrected chi connectivity index (χ2v) is 8.77. The van der Waals surface area contributed by atoms with E-state index in [9.17, 15) is 13.2 Å². The molecule has 0 bridgehead atoms. The van der Waals surface area contributed by atoms with Crippen molar-refractivity contribution in [3.8, 4) is 11.5 Å². The summed E-state index contributed by atoms with van der Waals surface area (Å²) in [4.78, 5) is 14.1. The van der Waals surface area contributed by atoms with Crippen LogP contribution < -0.4 is 15.2 Å². The van der Waals surface area contributed by atoms with Crippen molar-refractivity contribution < 1.29 is 22.7 Å². The lowest BCUT2D eigenvalue weighted by Gasteiger charge is -2.22. The van der Waals surface area contributed by atoms with E-state index in [1.165, 1.54) is 26.4 Å². The van der Waals surface area contributed by atoms with Gasteiger partial charge in [-0.1, -0.05) is 6.92 Å². The smallest absolute Gasteiger partial charge is 0.223 e. The van der Waals surface area contributed by atoms with Crippen LogP contribution in [0.5, 0.6) is 11.5 Å². The molecular formula is C17H26N2O5S. The van der Waals surface area contributed by atoms with E-state index >= 15 is 0 Å². The molecule has 1 unspecified atom stereocenters. The van der Waals surface area contributed by atoms with Gasteiger partial charge in [0.1, 0.15) is 0 Å². The molecular weight excluding hydrogens is 344 g/mol. The molecule has 1 atom stereocenters. The molecule has 1 saturated heterocycles. The fraction of sp³-hybridized carbons (Fsp3) is 0.588. The van der Waals surface area contributed by atoms with E-state index in [1.54, 1.807) is 11.0 Å². The summed E-state index contributed by atoms with van der Waals surface area (Å²) in [5.74, 6) is 0.405. The molecule has 0 aromatic heterocycles. The standard InChI is InChI=1S/C17H26N2O5S/c1-17(11-18)7-8-19(12-17)16(20)6-9-25(21,22)13-4-5-14(23-2)15(10-13)24-3/h4-5,10H,6-9,11-12,18H2,1-3H3. The number of likely N-dealkylation sites (tertiary alicyclic amines) is 1. The number of ether oxygens (including phenoxy) is 2. The normalized spacial score (nSPS) is 20.6. The molecule has 1 heterocycles. The minimum absolute atomic E-state index is 0.0443. The van der Waals surface area contributed by atoms with Gasteiger partial charge in [-0.15, -0.1) is 0 Å². The Bertz CT molecular complexity index is 735. The van der Waals surface area contributed by atoms with E-state index < -0.39 is 9.84 Å². The van der Waals surface area contributed by atoms with E-state index in [1.807, 2.05) is 6.92 Å². The maximum atomic E-state index is 12.5. The third kappa shape index (κ3) is 4.43. The van der Waals surface area contributed by atoms with Crippen LogP contribution in [0.15, 0.2) is 23.1 Å². The number of hydrogen-bond donors (Lipinski definition) is 1. The number of carbonyl (C=O) groups is 1. The summed E-state index contributed by atoms with van der Waals surface area (Å²) >= 11 is 0. The van der Waals surface area contributed by atoms with Crippen LogP contribution in [-0.4, -0.2) is 58.8 Å². The Balaban J connectivity index is 2.03. The lowest BCUT2D eigenvalue weighted by molar-refractivity contribution is -0.130. The van der Waals surface area contributed by atoms with E-state index in [0.717, 1.165) is 6.42 Å². The van der Waals surface area contributed by atoms with Crippen molar-refractivity contribution in [2.45, 2.75) is 24.7 Å². The van der Waals surface area contributed by atoms with E-state index in [0.29, 0.717) is 31.1 Å². The summed E-state index contributed by atoms with van der Waals surface area (Å²) in [7, 11) is -0.658. The van der Waals surface area contributed by atoms with Gasteiger partial charge in [-0.05, 0) is 30.5 Å². The van der Waals surface area contributed by atoms with Crippen LogP contribution in [0.4, 0.5) is 0 Å². The van der Waals surface area contributed by atoms with Gasteiger partial charge in [0.25, 0.3) is 0 Å². The lowest BCUT2D eigenvalue weighted by Crippen LogP contribution is -2.35. The SMILES string of the molecule is COc1ccc(S(=O)(=O)CCC(=O)N2CCC(C)(CN)C2)cc1OC. The monoisotopic (exact) mass is 370 g/mol. The number of methoxy groups -OCH3 is 2. The van der Waals surface area contributed by atoms with E-state index in [-0.39, 0.29) is 28.4 Å². The number of carbonyl (C=O) groups excluding carboxylic acids is 1. The minimum atomic E-state index is -3.58. The van der Waals surface area contributed by atoms with Crippen molar-refractivity contribution in [2.24, 2.45) is 11.1 Å². The molecule has 1 amide bonds. The lowest BCUT2D eigenvalue weighted by atomic mass is 9.90. The van der Waals surface area contributed by atoms with Crippen molar-refractivity contribution in [1.82, 2.24) is 4.90 Å². The summed E-state index contributed by atoms with van der Waals surface area (Å²) < 4.78 is 35.3. The van der Waals surface area contributed by atoms with Gasteiger partial charge in [-0.3, -0.25) is 4.79 Å². The molecule has 7 nitrogen and oxygen atoms in total. The summed E-state index contributed by atoms with van der Waals surface area (Å²) in [6, 6.07) is 4.42. The van der Waals surface area contributed by atoms with Gasteiger partial charge in [-0.2, -0.15) is 0 Å². The molecule has 1 aliphatic rings. The van der Waals surface area contributed by atoms with Crippen molar-refractivity contribution in [1.29, 1.82) is 0 Å². The predicted octanol–water partition coefficient (Wildman–Crippen LogP) is 1.06. The molecule has 1 aliphatic heterocycles. The molecule has 2 rings (SSSR count).